The molecule has 1 aromatic carbocycles. The molecule has 142 valence electrons. The summed E-state index contributed by atoms with van der Waals surface area (Å²) in [5.41, 5.74) is 1.25. The number of carbonyl (C=O) groups excluding carboxylic acids is 2. The second-order valence-corrected chi connectivity index (χ2v) is 7.41. The Balaban J connectivity index is 1.51. The molecule has 0 aliphatic carbocycles. The van der Waals surface area contributed by atoms with E-state index >= 15 is 0 Å². The number of nitrogens with one attached hydrogen (secondary N) is 1. The van der Waals surface area contributed by atoms with Crippen molar-refractivity contribution in [1.82, 2.24) is 15.1 Å². The lowest BCUT2D eigenvalue weighted by molar-refractivity contribution is -0.141. The van der Waals surface area contributed by atoms with Crippen LogP contribution in [0.3, 0.4) is 0 Å². The van der Waals surface area contributed by atoms with Gasteiger partial charge in [-0.05, 0) is 36.5 Å². The molecule has 2 amide bonds. The van der Waals surface area contributed by atoms with Gasteiger partial charge in [0.25, 0.3) is 5.91 Å². The first-order chi connectivity index (χ1) is 12.5. The van der Waals surface area contributed by atoms with Gasteiger partial charge < -0.3 is 19.9 Å². The lowest BCUT2D eigenvalue weighted by Gasteiger charge is -2.41. The second kappa shape index (κ2) is 8.54. The lowest BCUT2D eigenvalue weighted by Crippen LogP contribution is -2.57. The fraction of sp³-hybridized carbons (Fsp3) is 0.600. The van der Waals surface area contributed by atoms with Crippen LogP contribution in [0.1, 0.15) is 38.2 Å². The normalized spacial score (nSPS) is 21.2. The smallest absolute Gasteiger partial charge is 0.260 e. The van der Waals surface area contributed by atoms with Crippen LogP contribution in [-0.4, -0.2) is 67.0 Å². The van der Waals surface area contributed by atoms with Crippen molar-refractivity contribution in [3.05, 3.63) is 29.8 Å². The maximum absolute atomic E-state index is 12.5. The van der Waals surface area contributed by atoms with Crippen LogP contribution >= 0.6 is 0 Å². The van der Waals surface area contributed by atoms with Crippen LogP contribution in [0.2, 0.25) is 0 Å². The van der Waals surface area contributed by atoms with E-state index in [1.165, 1.54) is 5.56 Å². The summed E-state index contributed by atoms with van der Waals surface area (Å²) in [5.74, 6) is 1.32. The Morgan fingerprint density at radius 1 is 1.27 bits per heavy atom. The largest absolute Gasteiger partial charge is 0.484 e. The maximum atomic E-state index is 12.5. The van der Waals surface area contributed by atoms with Crippen molar-refractivity contribution in [2.24, 2.45) is 0 Å². The maximum Gasteiger partial charge on any atom is 0.260 e. The van der Waals surface area contributed by atoms with E-state index < -0.39 is 0 Å². The van der Waals surface area contributed by atoms with Gasteiger partial charge in [-0.25, -0.2) is 0 Å². The highest BCUT2D eigenvalue weighted by atomic mass is 16.5. The molecule has 0 saturated carbocycles. The van der Waals surface area contributed by atoms with Crippen molar-refractivity contribution in [1.29, 1.82) is 0 Å². The average Bonchev–Trinajstić information content (AvgIpc) is 2.67. The first-order valence-corrected chi connectivity index (χ1v) is 9.55. The number of benzene rings is 1. The van der Waals surface area contributed by atoms with Gasteiger partial charge in [0.15, 0.2) is 6.61 Å². The molecule has 2 aliphatic heterocycles. The molecule has 1 atom stereocenters. The monoisotopic (exact) mass is 359 g/mol. The van der Waals surface area contributed by atoms with E-state index in [0.717, 1.165) is 32.5 Å². The molecule has 1 unspecified atom stereocenters. The quantitative estimate of drug-likeness (QED) is 0.868. The summed E-state index contributed by atoms with van der Waals surface area (Å²) in [7, 11) is 0. The number of hydrogen-bond donors (Lipinski definition) is 1. The Hall–Kier alpha value is -2.08. The summed E-state index contributed by atoms with van der Waals surface area (Å²) in [6, 6.07) is 8.05. The minimum absolute atomic E-state index is 0.00906. The first kappa shape index (κ1) is 18.7. The SMILES string of the molecule is CC(C)c1ccc(OCC(=O)N2CCCC(N3CCNCC3=O)C2)cc1. The predicted octanol–water partition coefficient (Wildman–Crippen LogP) is 1.61. The zero-order valence-electron chi connectivity index (χ0n) is 15.7. The van der Waals surface area contributed by atoms with Gasteiger partial charge in [0.1, 0.15) is 5.75 Å². The van der Waals surface area contributed by atoms with E-state index in [9.17, 15) is 9.59 Å². The van der Waals surface area contributed by atoms with Gasteiger partial charge in [0.2, 0.25) is 5.91 Å². The number of hydrogen-bond acceptors (Lipinski definition) is 4. The summed E-state index contributed by atoms with van der Waals surface area (Å²) in [6.45, 7) is 7.65. The number of likely N-dealkylation sites (tertiary alicyclic amines) is 1. The summed E-state index contributed by atoms with van der Waals surface area (Å²) in [6.07, 6.45) is 1.89. The van der Waals surface area contributed by atoms with Crippen LogP contribution in [0, 0.1) is 0 Å². The standard InChI is InChI=1S/C20H29N3O3/c1-15(2)16-5-7-18(8-6-16)26-14-20(25)22-10-3-4-17(13-22)23-11-9-21-12-19(23)24/h5-8,15,17,21H,3-4,9-14H2,1-2H3. The molecule has 1 N–H and O–H groups in total. The fourth-order valence-electron chi connectivity index (χ4n) is 3.63. The number of amides is 2. The molecular formula is C20H29N3O3. The Kier molecular flexibility index (Phi) is 6.14. The summed E-state index contributed by atoms with van der Waals surface area (Å²) in [5, 5.41) is 3.10. The predicted molar refractivity (Wildman–Crippen MR) is 100 cm³/mol. The van der Waals surface area contributed by atoms with Gasteiger partial charge >= 0.3 is 0 Å². The molecule has 6 heteroatoms. The molecular weight excluding hydrogens is 330 g/mol. The van der Waals surface area contributed by atoms with Gasteiger partial charge in [0.05, 0.1) is 6.54 Å². The average molecular weight is 359 g/mol. The number of carbonyl (C=O) groups is 2. The van der Waals surface area contributed by atoms with E-state index in [-0.39, 0.29) is 24.5 Å². The van der Waals surface area contributed by atoms with E-state index in [2.05, 4.69) is 19.2 Å². The molecule has 0 spiro atoms. The molecule has 3 rings (SSSR count). The molecule has 0 radical (unpaired) electrons. The van der Waals surface area contributed by atoms with Crippen molar-refractivity contribution >= 4 is 11.8 Å². The van der Waals surface area contributed by atoms with Crippen LogP contribution < -0.4 is 10.1 Å². The molecule has 2 aliphatic rings. The zero-order valence-corrected chi connectivity index (χ0v) is 15.7. The first-order valence-electron chi connectivity index (χ1n) is 9.55. The third-order valence-electron chi connectivity index (χ3n) is 5.23. The summed E-state index contributed by atoms with van der Waals surface area (Å²) in [4.78, 5) is 28.4. The lowest BCUT2D eigenvalue weighted by atomic mass is 10.0. The van der Waals surface area contributed by atoms with Gasteiger partial charge in [-0.15, -0.1) is 0 Å². The molecule has 2 saturated heterocycles. The topological polar surface area (TPSA) is 61.9 Å². The minimum Gasteiger partial charge on any atom is -0.484 e. The molecule has 2 heterocycles. The van der Waals surface area contributed by atoms with Crippen LogP contribution in [0.15, 0.2) is 24.3 Å². The minimum atomic E-state index is -0.00906. The van der Waals surface area contributed by atoms with Crippen molar-refractivity contribution in [2.75, 3.05) is 39.3 Å². The fourth-order valence-corrected chi connectivity index (χ4v) is 3.63. The van der Waals surface area contributed by atoms with Gasteiger partial charge in [-0.2, -0.15) is 0 Å². The zero-order chi connectivity index (χ0) is 18.5. The van der Waals surface area contributed by atoms with Gasteiger partial charge in [0, 0.05) is 32.2 Å². The molecule has 26 heavy (non-hydrogen) atoms. The second-order valence-electron chi connectivity index (χ2n) is 7.41. The molecule has 6 nitrogen and oxygen atoms in total. The van der Waals surface area contributed by atoms with Crippen LogP contribution in [-0.2, 0) is 9.59 Å². The van der Waals surface area contributed by atoms with E-state index in [1.807, 2.05) is 34.1 Å². The number of piperidine rings is 1. The van der Waals surface area contributed by atoms with Crippen LogP contribution in [0.4, 0.5) is 0 Å². The number of rotatable bonds is 5. The highest BCUT2D eigenvalue weighted by Gasteiger charge is 2.31. The highest BCUT2D eigenvalue weighted by molar-refractivity contribution is 5.80. The van der Waals surface area contributed by atoms with Gasteiger partial charge in [-0.1, -0.05) is 26.0 Å². The number of ether oxygens (including phenoxy) is 1. The van der Waals surface area contributed by atoms with Crippen molar-refractivity contribution < 1.29 is 14.3 Å². The number of piperazine rings is 1. The Bertz CT molecular complexity index is 630. The highest BCUT2D eigenvalue weighted by Crippen LogP contribution is 2.20. The molecule has 2 fully saturated rings. The van der Waals surface area contributed by atoms with E-state index in [0.29, 0.717) is 24.8 Å². The Morgan fingerprint density at radius 3 is 2.73 bits per heavy atom. The van der Waals surface area contributed by atoms with Crippen molar-refractivity contribution in [3.8, 4) is 5.75 Å². The third-order valence-corrected chi connectivity index (χ3v) is 5.23. The molecule has 0 bridgehead atoms. The van der Waals surface area contributed by atoms with E-state index in [4.69, 9.17) is 4.74 Å². The molecule has 0 aromatic heterocycles. The third kappa shape index (κ3) is 4.55. The van der Waals surface area contributed by atoms with Crippen LogP contribution in [0.25, 0.3) is 0 Å². The Labute approximate surface area is 155 Å². The van der Waals surface area contributed by atoms with Crippen molar-refractivity contribution in [3.63, 3.8) is 0 Å². The van der Waals surface area contributed by atoms with Gasteiger partial charge in [-0.3, -0.25) is 9.59 Å². The van der Waals surface area contributed by atoms with E-state index in [1.54, 1.807) is 0 Å². The summed E-state index contributed by atoms with van der Waals surface area (Å²) < 4.78 is 5.68. The number of nitrogens with zero attached hydrogens (tertiary/aromatic N) is 2. The van der Waals surface area contributed by atoms with Crippen LogP contribution in [0.5, 0.6) is 5.75 Å². The summed E-state index contributed by atoms with van der Waals surface area (Å²) >= 11 is 0. The molecule has 1 aromatic rings. The van der Waals surface area contributed by atoms with Crippen molar-refractivity contribution in [2.45, 2.75) is 38.6 Å². The Morgan fingerprint density at radius 2 is 2.04 bits per heavy atom.